The first kappa shape index (κ1) is 17.7. The Balaban J connectivity index is 1.28. The van der Waals surface area contributed by atoms with Crippen molar-refractivity contribution in [2.45, 2.75) is 31.5 Å². The molecule has 0 saturated carbocycles. The molecule has 8 nitrogen and oxygen atoms in total. The highest BCUT2D eigenvalue weighted by molar-refractivity contribution is 5.94. The Morgan fingerprint density at radius 3 is 2.52 bits per heavy atom. The third-order valence-electron chi connectivity index (χ3n) is 4.70. The number of carbonyl (C=O) groups is 1. The van der Waals surface area contributed by atoms with Crippen LogP contribution in [-0.4, -0.2) is 64.3 Å². The van der Waals surface area contributed by atoms with Crippen molar-refractivity contribution in [1.82, 2.24) is 19.9 Å². The van der Waals surface area contributed by atoms with Gasteiger partial charge in [-0.25, -0.2) is 15.0 Å². The maximum atomic E-state index is 12.7. The van der Waals surface area contributed by atoms with Crippen LogP contribution >= 0.6 is 0 Å². The maximum absolute atomic E-state index is 12.7. The van der Waals surface area contributed by atoms with Crippen LogP contribution < -0.4 is 9.47 Å². The number of aromatic nitrogens is 3. The number of pyridine rings is 1. The Labute approximate surface area is 157 Å². The molecule has 2 aromatic rings. The van der Waals surface area contributed by atoms with Gasteiger partial charge in [-0.3, -0.25) is 4.79 Å². The average Bonchev–Trinajstić information content (AvgIpc) is 3.22. The molecule has 2 fully saturated rings. The minimum atomic E-state index is -0.0207. The summed E-state index contributed by atoms with van der Waals surface area (Å²) in [5, 5.41) is 0. The summed E-state index contributed by atoms with van der Waals surface area (Å²) in [4.78, 5) is 26.9. The highest BCUT2D eigenvalue weighted by Crippen LogP contribution is 2.19. The van der Waals surface area contributed by atoms with Crippen LogP contribution in [0, 0.1) is 0 Å². The van der Waals surface area contributed by atoms with E-state index in [4.69, 9.17) is 14.2 Å². The zero-order chi connectivity index (χ0) is 18.5. The van der Waals surface area contributed by atoms with Crippen molar-refractivity contribution in [3.05, 3.63) is 42.4 Å². The first-order chi connectivity index (χ1) is 13.3. The quantitative estimate of drug-likeness (QED) is 0.792. The van der Waals surface area contributed by atoms with Gasteiger partial charge in [-0.2, -0.15) is 0 Å². The topological polar surface area (TPSA) is 86.7 Å². The molecular formula is C19H22N4O4. The van der Waals surface area contributed by atoms with Crippen LogP contribution in [0.3, 0.4) is 0 Å². The second-order valence-corrected chi connectivity index (χ2v) is 6.63. The number of hydrogen-bond acceptors (Lipinski definition) is 7. The molecule has 8 heteroatoms. The Hall–Kier alpha value is -2.74. The predicted octanol–water partition coefficient (Wildman–Crippen LogP) is 1.72. The fraction of sp³-hybridized carbons (Fsp3) is 0.474. The number of likely N-dealkylation sites (tertiary alicyclic amines) is 1. The van der Waals surface area contributed by atoms with Gasteiger partial charge >= 0.3 is 6.01 Å². The number of piperidine rings is 1. The number of rotatable bonds is 5. The maximum Gasteiger partial charge on any atom is 0.316 e. The highest BCUT2D eigenvalue weighted by Gasteiger charge is 2.25. The molecule has 2 aliphatic heterocycles. The van der Waals surface area contributed by atoms with E-state index in [0.29, 0.717) is 37.2 Å². The predicted molar refractivity (Wildman–Crippen MR) is 95.7 cm³/mol. The molecule has 142 valence electrons. The normalized spacial score (nSPS) is 20.4. The van der Waals surface area contributed by atoms with E-state index in [1.807, 2.05) is 4.90 Å². The molecule has 2 saturated heterocycles. The van der Waals surface area contributed by atoms with E-state index in [-0.39, 0.29) is 18.1 Å². The summed E-state index contributed by atoms with van der Waals surface area (Å²) in [6, 6.07) is 5.64. The van der Waals surface area contributed by atoms with E-state index in [2.05, 4.69) is 15.0 Å². The lowest BCUT2D eigenvalue weighted by Gasteiger charge is -2.31. The summed E-state index contributed by atoms with van der Waals surface area (Å²) in [6.07, 6.45) is 7.33. The molecule has 0 aromatic carbocycles. The lowest BCUT2D eigenvalue weighted by molar-refractivity contribution is 0.0578. The molecule has 1 amide bonds. The van der Waals surface area contributed by atoms with Crippen LogP contribution in [0.15, 0.2) is 36.8 Å². The Morgan fingerprint density at radius 2 is 1.85 bits per heavy atom. The van der Waals surface area contributed by atoms with Crippen molar-refractivity contribution in [3.8, 4) is 11.9 Å². The molecule has 4 heterocycles. The molecule has 2 aliphatic rings. The smallest absolute Gasteiger partial charge is 0.316 e. The van der Waals surface area contributed by atoms with Gasteiger partial charge in [0.15, 0.2) is 0 Å². The fourth-order valence-electron chi connectivity index (χ4n) is 3.21. The summed E-state index contributed by atoms with van der Waals surface area (Å²) in [7, 11) is 0. The number of nitrogens with zero attached hydrogens (tertiary/aromatic N) is 4. The van der Waals surface area contributed by atoms with Gasteiger partial charge in [0.1, 0.15) is 12.2 Å². The van der Waals surface area contributed by atoms with Crippen LogP contribution in [0.4, 0.5) is 0 Å². The molecule has 27 heavy (non-hydrogen) atoms. The van der Waals surface area contributed by atoms with Gasteiger partial charge in [0, 0.05) is 57.0 Å². The summed E-state index contributed by atoms with van der Waals surface area (Å²) in [6.45, 7) is 2.58. The molecule has 0 unspecified atom stereocenters. The Morgan fingerprint density at radius 1 is 1.04 bits per heavy atom. The Bertz CT molecular complexity index is 742. The van der Waals surface area contributed by atoms with E-state index < -0.39 is 0 Å². The molecule has 0 spiro atoms. The highest BCUT2D eigenvalue weighted by atomic mass is 16.5. The molecule has 2 aromatic heterocycles. The minimum Gasteiger partial charge on any atom is -0.472 e. The van der Waals surface area contributed by atoms with Crippen molar-refractivity contribution in [2.24, 2.45) is 0 Å². The Kier molecular flexibility index (Phi) is 5.43. The van der Waals surface area contributed by atoms with Gasteiger partial charge in [-0.1, -0.05) is 0 Å². The average molecular weight is 370 g/mol. The van der Waals surface area contributed by atoms with Crippen LogP contribution in [0.2, 0.25) is 0 Å². The molecule has 0 aliphatic carbocycles. The summed E-state index contributed by atoms with van der Waals surface area (Å²) < 4.78 is 16.8. The second kappa shape index (κ2) is 8.30. The van der Waals surface area contributed by atoms with Gasteiger partial charge in [0.2, 0.25) is 5.88 Å². The van der Waals surface area contributed by atoms with E-state index in [0.717, 1.165) is 25.9 Å². The molecular weight excluding hydrogens is 348 g/mol. The number of amides is 1. The molecule has 0 N–H and O–H groups in total. The SMILES string of the molecule is O=C(c1ccc(O[C@@H]2CCOC2)nc1)N1CCC(Oc2ncccn2)CC1. The van der Waals surface area contributed by atoms with E-state index in [9.17, 15) is 4.79 Å². The van der Waals surface area contributed by atoms with Crippen molar-refractivity contribution in [2.75, 3.05) is 26.3 Å². The lowest BCUT2D eigenvalue weighted by atomic mass is 10.1. The third-order valence-corrected chi connectivity index (χ3v) is 4.70. The fourth-order valence-corrected chi connectivity index (χ4v) is 3.21. The zero-order valence-corrected chi connectivity index (χ0v) is 15.0. The standard InChI is InChI=1S/C19H22N4O4/c24-18(14-2-3-17(22-12-14)26-16-6-11-25-13-16)23-9-4-15(5-10-23)27-19-20-7-1-8-21-19/h1-3,7-8,12,15-16H,4-6,9-11,13H2/t16-/m1/s1. The van der Waals surface area contributed by atoms with Gasteiger partial charge in [0.05, 0.1) is 18.8 Å². The van der Waals surface area contributed by atoms with Crippen molar-refractivity contribution < 1.29 is 19.0 Å². The monoisotopic (exact) mass is 370 g/mol. The van der Waals surface area contributed by atoms with Gasteiger partial charge in [0.25, 0.3) is 5.91 Å². The van der Waals surface area contributed by atoms with Crippen LogP contribution in [0.1, 0.15) is 29.6 Å². The van der Waals surface area contributed by atoms with Crippen molar-refractivity contribution >= 4 is 5.91 Å². The van der Waals surface area contributed by atoms with E-state index >= 15 is 0 Å². The van der Waals surface area contributed by atoms with Gasteiger partial charge in [-0.05, 0) is 12.1 Å². The van der Waals surface area contributed by atoms with Crippen LogP contribution in [0.25, 0.3) is 0 Å². The zero-order valence-electron chi connectivity index (χ0n) is 15.0. The van der Waals surface area contributed by atoms with E-state index in [1.54, 1.807) is 36.8 Å². The first-order valence-electron chi connectivity index (χ1n) is 9.21. The number of carbonyl (C=O) groups excluding carboxylic acids is 1. The molecule has 0 radical (unpaired) electrons. The van der Waals surface area contributed by atoms with Gasteiger partial charge < -0.3 is 19.1 Å². The second-order valence-electron chi connectivity index (χ2n) is 6.63. The summed E-state index contributed by atoms with van der Waals surface area (Å²) >= 11 is 0. The molecule has 0 bridgehead atoms. The summed E-state index contributed by atoms with van der Waals surface area (Å²) in [5.41, 5.74) is 0.566. The number of hydrogen-bond donors (Lipinski definition) is 0. The number of ether oxygens (including phenoxy) is 3. The van der Waals surface area contributed by atoms with Crippen molar-refractivity contribution in [1.29, 1.82) is 0 Å². The van der Waals surface area contributed by atoms with E-state index in [1.165, 1.54) is 0 Å². The van der Waals surface area contributed by atoms with Gasteiger partial charge in [-0.15, -0.1) is 0 Å². The van der Waals surface area contributed by atoms with Crippen LogP contribution in [0.5, 0.6) is 11.9 Å². The minimum absolute atomic E-state index is 0.0207. The van der Waals surface area contributed by atoms with Crippen LogP contribution in [-0.2, 0) is 4.74 Å². The largest absolute Gasteiger partial charge is 0.472 e. The summed E-state index contributed by atoms with van der Waals surface area (Å²) in [5.74, 6) is 0.504. The third kappa shape index (κ3) is 4.51. The lowest BCUT2D eigenvalue weighted by Crippen LogP contribution is -2.42. The van der Waals surface area contributed by atoms with Crippen molar-refractivity contribution in [3.63, 3.8) is 0 Å². The molecule has 4 rings (SSSR count). The first-order valence-corrected chi connectivity index (χ1v) is 9.21. The molecule has 1 atom stereocenters.